The predicted molar refractivity (Wildman–Crippen MR) is 55.5 cm³/mol. The number of primary amides is 1. The van der Waals surface area contributed by atoms with E-state index in [0.717, 1.165) is 0 Å². The van der Waals surface area contributed by atoms with Gasteiger partial charge in [0.15, 0.2) is 5.75 Å². The van der Waals surface area contributed by atoms with Crippen LogP contribution in [0.2, 0.25) is 0 Å². The molecule has 15 heavy (non-hydrogen) atoms. The summed E-state index contributed by atoms with van der Waals surface area (Å²) in [4.78, 5) is 11.1. The average Bonchev–Trinajstić information content (AvgIpc) is 2.66. The molecule has 1 rings (SSSR count). The fourth-order valence-corrected chi connectivity index (χ4v) is 1.42. The van der Waals surface area contributed by atoms with Crippen LogP contribution < -0.4 is 15.8 Å². The van der Waals surface area contributed by atoms with E-state index >= 15 is 0 Å². The number of ether oxygens (including phenoxy) is 1. The molecule has 0 radical (unpaired) electrons. The van der Waals surface area contributed by atoms with E-state index in [1.165, 1.54) is 0 Å². The number of rotatable bonds is 5. The average molecular weight is 212 g/mol. The minimum absolute atomic E-state index is 0.156. The number of hydrogen-bond donors (Lipinski definition) is 2. The summed E-state index contributed by atoms with van der Waals surface area (Å²) in [6.07, 6.45) is 3.31. The van der Waals surface area contributed by atoms with Crippen molar-refractivity contribution in [3.05, 3.63) is 12.4 Å². The molecule has 0 aliphatic carbocycles. The lowest BCUT2D eigenvalue weighted by molar-refractivity contribution is -0.120. The lowest BCUT2D eigenvalue weighted by atomic mass is 10.1. The highest BCUT2D eigenvalue weighted by atomic mass is 16.5. The van der Waals surface area contributed by atoms with Crippen molar-refractivity contribution in [3.8, 4) is 5.75 Å². The number of carbonyl (C=O) groups is 1. The summed E-state index contributed by atoms with van der Waals surface area (Å²) in [5.41, 5.74) is 5.25. The number of nitrogens with zero attached hydrogens (tertiary/aromatic N) is 2. The lowest BCUT2D eigenvalue weighted by Gasteiger charge is -2.20. The summed E-state index contributed by atoms with van der Waals surface area (Å²) in [5, 5.41) is 6.93. The molecule has 0 aromatic carbocycles. The summed E-state index contributed by atoms with van der Waals surface area (Å²) in [5.74, 6) is 0.251. The maximum Gasteiger partial charge on any atom is 0.236 e. The van der Waals surface area contributed by atoms with E-state index in [-0.39, 0.29) is 6.04 Å². The van der Waals surface area contributed by atoms with Gasteiger partial charge in [0.1, 0.15) is 6.04 Å². The van der Waals surface area contributed by atoms with Crippen LogP contribution in [-0.2, 0) is 4.79 Å². The molecule has 0 bridgehead atoms. The smallest absolute Gasteiger partial charge is 0.236 e. The zero-order valence-corrected chi connectivity index (χ0v) is 9.10. The monoisotopic (exact) mass is 212 g/mol. The largest absolute Gasteiger partial charge is 0.493 e. The first kappa shape index (κ1) is 11.5. The lowest BCUT2D eigenvalue weighted by Crippen LogP contribution is -2.44. The van der Waals surface area contributed by atoms with E-state index < -0.39 is 11.9 Å². The Morgan fingerprint density at radius 1 is 1.73 bits per heavy atom. The van der Waals surface area contributed by atoms with Crippen LogP contribution in [0.5, 0.6) is 5.75 Å². The van der Waals surface area contributed by atoms with E-state index in [1.54, 1.807) is 31.2 Å². The van der Waals surface area contributed by atoms with Gasteiger partial charge in [0.25, 0.3) is 0 Å². The number of amides is 1. The second kappa shape index (κ2) is 4.79. The van der Waals surface area contributed by atoms with Crippen LogP contribution in [0.4, 0.5) is 0 Å². The van der Waals surface area contributed by atoms with E-state index in [4.69, 9.17) is 10.5 Å². The summed E-state index contributed by atoms with van der Waals surface area (Å²) >= 11 is 0. The van der Waals surface area contributed by atoms with Gasteiger partial charge in [-0.05, 0) is 14.0 Å². The number of likely N-dealkylation sites (N-methyl/N-ethyl adjacent to an activating group) is 1. The number of methoxy groups -OCH3 is 1. The van der Waals surface area contributed by atoms with Crippen LogP contribution in [0, 0.1) is 0 Å². The molecule has 0 saturated carbocycles. The van der Waals surface area contributed by atoms with Gasteiger partial charge < -0.3 is 15.8 Å². The minimum atomic E-state index is -0.449. The Bertz CT molecular complexity index is 337. The molecule has 0 spiro atoms. The van der Waals surface area contributed by atoms with Crippen LogP contribution in [0.1, 0.15) is 13.0 Å². The quantitative estimate of drug-likeness (QED) is 0.691. The molecule has 3 N–H and O–H groups in total. The van der Waals surface area contributed by atoms with Gasteiger partial charge in [0.05, 0.1) is 25.5 Å². The zero-order valence-electron chi connectivity index (χ0n) is 9.10. The van der Waals surface area contributed by atoms with E-state index in [2.05, 4.69) is 10.4 Å². The van der Waals surface area contributed by atoms with E-state index in [9.17, 15) is 4.79 Å². The normalized spacial score (nSPS) is 14.6. The Hall–Kier alpha value is -1.56. The van der Waals surface area contributed by atoms with Crippen molar-refractivity contribution in [1.29, 1.82) is 0 Å². The van der Waals surface area contributed by atoms with Crippen LogP contribution in [-0.4, -0.2) is 35.9 Å². The van der Waals surface area contributed by atoms with Crippen molar-refractivity contribution in [3.63, 3.8) is 0 Å². The molecular formula is C9H16N4O2. The van der Waals surface area contributed by atoms with E-state index in [1.807, 2.05) is 6.92 Å². The first-order valence-electron chi connectivity index (χ1n) is 4.65. The molecule has 0 fully saturated rings. The Morgan fingerprint density at radius 2 is 2.40 bits per heavy atom. The van der Waals surface area contributed by atoms with Gasteiger partial charge >= 0.3 is 0 Å². The molecule has 6 nitrogen and oxygen atoms in total. The van der Waals surface area contributed by atoms with Gasteiger partial charge in [0.2, 0.25) is 5.91 Å². The van der Waals surface area contributed by atoms with Crippen molar-refractivity contribution in [2.45, 2.75) is 19.0 Å². The van der Waals surface area contributed by atoms with Crippen molar-refractivity contribution in [1.82, 2.24) is 15.1 Å². The zero-order chi connectivity index (χ0) is 11.4. The van der Waals surface area contributed by atoms with Gasteiger partial charge in [-0.1, -0.05) is 0 Å². The number of hydrogen-bond acceptors (Lipinski definition) is 4. The minimum Gasteiger partial charge on any atom is -0.493 e. The Labute approximate surface area is 88.4 Å². The summed E-state index contributed by atoms with van der Waals surface area (Å²) in [6.45, 7) is 1.86. The van der Waals surface area contributed by atoms with Gasteiger partial charge in [-0.3, -0.25) is 9.48 Å². The van der Waals surface area contributed by atoms with Crippen molar-refractivity contribution in [2.75, 3.05) is 14.2 Å². The molecule has 2 atom stereocenters. The fraction of sp³-hybridized carbons (Fsp3) is 0.556. The molecule has 0 aliphatic rings. The number of aromatic nitrogens is 2. The third-order valence-corrected chi connectivity index (χ3v) is 2.33. The Balaban J connectivity index is 2.82. The fourth-order valence-electron chi connectivity index (χ4n) is 1.42. The SMILES string of the molecule is CNC(C(N)=O)C(C)n1cc(OC)cn1. The highest BCUT2D eigenvalue weighted by Crippen LogP contribution is 2.14. The van der Waals surface area contributed by atoms with Crippen LogP contribution in [0.15, 0.2) is 12.4 Å². The molecule has 1 aromatic rings. The Kier molecular flexibility index (Phi) is 3.68. The maximum atomic E-state index is 11.1. The molecular weight excluding hydrogens is 196 g/mol. The number of nitrogens with two attached hydrogens (primary N) is 1. The number of carbonyl (C=O) groups excluding carboxylic acids is 1. The highest BCUT2D eigenvalue weighted by molar-refractivity contribution is 5.80. The van der Waals surface area contributed by atoms with E-state index in [0.29, 0.717) is 5.75 Å². The molecule has 1 heterocycles. The van der Waals surface area contributed by atoms with Gasteiger partial charge in [0, 0.05) is 0 Å². The maximum absolute atomic E-state index is 11.1. The molecule has 84 valence electrons. The summed E-state index contributed by atoms with van der Waals surface area (Å²) in [6, 6.07) is -0.606. The first-order valence-corrected chi connectivity index (χ1v) is 4.65. The molecule has 1 aromatic heterocycles. The highest BCUT2D eigenvalue weighted by Gasteiger charge is 2.23. The van der Waals surface area contributed by atoms with Crippen LogP contribution in [0.3, 0.4) is 0 Å². The summed E-state index contributed by atoms with van der Waals surface area (Å²) in [7, 11) is 3.25. The number of nitrogens with one attached hydrogen (secondary N) is 1. The first-order chi connectivity index (χ1) is 7.10. The van der Waals surface area contributed by atoms with Crippen molar-refractivity contribution >= 4 is 5.91 Å². The standard InChI is InChI=1S/C9H16N4O2/c1-6(8(11-2)9(10)14)13-5-7(15-3)4-12-13/h4-6,8,11H,1-3H3,(H2,10,14). The Morgan fingerprint density at radius 3 is 2.80 bits per heavy atom. The van der Waals surface area contributed by atoms with Crippen molar-refractivity contribution in [2.24, 2.45) is 5.73 Å². The second-order valence-corrected chi connectivity index (χ2v) is 3.27. The van der Waals surface area contributed by atoms with Gasteiger partial charge in [-0.15, -0.1) is 0 Å². The third-order valence-electron chi connectivity index (χ3n) is 2.33. The topological polar surface area (TPSA) is 82.2 Å². The van der Waals surface area contributed by atoms with Gasteiger partial charge in [-0.2, -0.15) is 5.10 Å². The van der Waals surface area contributed by atoms with Gasteiger partial charge in [-0.25, -0.2) is 0 Å². The molecule has 0 aliphatic heterocycles. The van der Waals surface area contributed by atoms with Crippen LogP contribution in [0.25, 0.3) is 0 Å². The molecule has 1 amide bonds. The predicted octanol–water partition coefficient (Wildman–Crippen LogP) is -0.474. The van der Waals surface area contributed by atoms with Crippen molar-refractivity contribution < 1.29 is 9.53 Å². The molecule has 6 heteroatoms. The second-order valence-electron chi connectivity index (χ2n) is 3.27. The molecule has 2 unspecified atom stereocenters. The third kappa shape index (κ3) is 2.47. The molecule has 0 saturated heterocycles. The summed E-state index contributed by atoms with van der Waals surface area (Å²) < 4.78 is 6.64. The van der Waals surface area contributed by atoms with Crippen LogP contribution >= 0.6 is 0 Å².